The van der Waals surface area contributed by atoms with E-state index < -0.39 is 0 Å². The van der Waals surface area contributed by atoms with Gasteiger partial charge in [-0.05, 0) is 19.4 Å². The van der Waals surface area contributed by atoms with E-state index in [0.717, 1.165) is 15.3 Å². The number of thiophene rings is 1. The Morgan fingerprint density at radius 3 is 2.79 bits per heavy atom. The largest absolute Gasteiger partial charge is 0.408 e. The van der Waals surface area contributed by atoms with Gasteiger partial charge in [0.05, 0.1) is 0 Å². The molecule has 0 saturated carbocycles. The van der Waals surface area contributed by atoms with E-state index in [9.17, 15) is 4.79 Å². The van der Waals surface area contributed by atoms with Gasteiger partial charge in [0.15, 0.2) is 5.89 Å². The quantitative estimate of drug-likeness (QED) is 0.724. The van der Waals surface area contributed by atoms with Crippen LogP contribution in [0.25, 0.3) is 10.2 Å². The Hall–Kier alpha value is -1.16. The molecule has 74 valence electrons. The van der Waals surface area contributed by atoms with Crippen LogP contribution in [0, 0.1) is 13.8 Å². The van der Waals surface area contributed by atoms with E-state index in [1.807, 2.05) is 20.8 Å². The summed E-state index contributed by atoms with van der Waals surface area (Å²) < 4.78 is 5.07. The Morgan fingerprint density at radius 2 is 2.14 bits per heavy atom. The second-order valence-corrected chi connectivity index (χ2v) is 4.42. The summed E-state index contributed by atoms with van der Waals surface area (Å²) in [4.78, 5) is 17.8. The highest BCUT2D eigenvalue weighted by Gasteiger charge is 2.12. The Morgan fingerprint density at radius 1 is 1.43 bits per heavy atom. The smallest absolute Gasteiger partial charge is 0.347 e. The molecule has 0 N–H and O–H groups in total. The third-order valence-electron chi connectivity index (χ3n) is 2.31. The van der Waals surface area contributed by atoms with Gasteiger partial charge in [-0.25, -0.2) is 9.78 Å². The molecule has 0 aliphatic carbocycles. The molecule has 0 aliphatic heterocycles. The molecular weight excluding hydrogens is 198 g/mol. The van der Waals surface area contributed by atoms with Crippen molar-refractivity contribution in [1.29, 1.82) is 0 Å². The summed E-state index contributed by atoms with van der Waals surface area (Å²) in [6.07, 6.45) is 0.654. The van der Waals surface area contributed by atoms with Crippen LogP contribution < -0.4 is 5.63 Å². The molecule has 0 bridgehead atoms. The monoisotopic (exact) mass is 209 g/mol. The Balaban J connectivity index is 2.90. The number of fused-ring (bicyclic) bond motifs is 1. The van der Waals surface area contributed by atoms with Crippen molar-refractivity contribution in [3.8, 4) is 0 Å². The molecule has 0 spiro atoms. The van der Waals surface area contributed by atoms with E-state index in [1.165, 1.54) is 0 Å². The number of nitrogens with zero attached hydrogens (tertiary/aromatic N) is 1. The van der Waals surface area contributed by atoms with Gasteiger partial charge in [-0.3, -0.25) is 0 Å². The van der Waals surface area contributed by atoms with Crippen LogP contribution in [0.2, 0.25) is 0 Å². The fourth-order valence-electron chi connectivity index (χ4n) is 1.37. The minimum atomic E-state index is -0.256. The SMILES string of the molecule is CCc1nc2sc(C)c(C)c2c(=O)o1. The van der Waals surface area contributed by atoms with Crippen LogP contribution >= 0.6 is 11.3 Å². The average molecular weight is 209 g/mol. The van der Waals surface area contributed by atoms with Gasteiger partial charge < -0.3 is 4.42 Å². The standard InChI is InChI=1S/C10H11NO2S/c1-4-7-11-9-8(10(12)13-7)5(2)6(3)14-9/h4H2,1-3H3. The number of aromatic nitrogens is 1. The predicted octanol–water partition coefficient (Wildman–Crippen LogP) is 2.43. The maximum absolute atomic E-state index is 11.6. The second-order valence-electron chi connectivity index (χ2n) is 3.21. The van der Waals surface area contributed by atoms with Crippen LogP contribution in [0.3, 0.4) is 0 Å². The van der Waals surface area contributed by atoms with E-state index in [-0.39, 0.29) is 5.63 Å². The van der Waals surface area contributed by atoms with Crippen LogP contribution in [-0.2, 0) is 6.42 Å². The first kappa shape index (κ1) is 9.40. The van der Waals surface area contributed by atoms with E-state index >= 15 is 0 Å². The van der Waals surface area contributed by atoms with Gasteiger partial charge in [0.1, 0.15) is 10.2 Å². The first-order valence-electron chi connectivity index (χ1n) is 4.53. The van der Waals surface area contributed by atoms with Crippen molar-refractivity contribution in [2.24, 2.45) is 0 Å². The fourth-order valence-corrected chi connectivity index (χ4v) is 2.40. The number of hydrogen-bond acceptors (Lipinski definition) is 4. The summed E-state index contributed by atoms with van der Waals surface area (Å²) in [6.45, 7) is 5.84. The predicted molar refractivity (Wildman–Crippen MR) is 57.0 cm³/mol. The molecule has 0 aliphatic rings. The molecular formula is C10H11NO2S. The lowest BCUT2D eigenvalue weighted by atomic mass is 10.2. The highest BCUT2D eigenvalue weighted by atomic mass is 32.1. The van der Waals surface area contributed by atoms with Gasteiger partial charge in [-0.1, -0.05) is 6.92 Å². The molecule has 0 radical (unpaired) electrons. The Labute approximate surface area is 85.4 Å². The molecule has 2 rings (SSSR count). The molecule has 0 saturated heterocycles. The summed E-state index contributed by atoms with van der Waals surface area (Å²) in [5, 5.41) is 0.643. The molecule has 2 aromatic heterocycles. The highest BCUT2D eigenvalue weighted by Crippen LogP contribution is 2.26. The normalized spacial score (nSPS) is 11.1. The maximum Gasteiger partial charge on any atom is 0.347 e. The number of hydrogen-bond donors (Lipinski definition) is 0. The topological polar surface area (TPSA) is 43.1 Å². The van der Waals surface area contributed by atoms with Crippen LogP contribution in [0.1, 0.15) is 23.3 Å². The van der Waals surface area contributed by atoms with Crippen molar-refractivity contribution in [2.75, 3.05) is 0 Å². The van der Waals surface area contributed by atoms with Crippen molar-refractivity contribution < 1.29 is 4.42 Å². The lowest BCUT2D eigenvalue weighted by molar-refractivity contribution is 0.450. The molecule has 14 heavy (non-hydrogen) atoms. The third-order valence-corrected chi connectivity index (χ3v) is 3.41. The van der Waals surface area contributed by atoms with Gasteiger partial charge in [0, 0.05) is 11.3 Å². The summed E-state index contributed by atoms with van der Waals surface area (Å²) in [5.41, 5.74) is 0.739. The van der Waals surface area contributed by atoms with Gasteiger partial charge in [-0.2, -0.15) is 0 Å². The fraction of sp³-hybridized carbons (Fsp3) is 0.400. The van der Waals surface area contributed by atoms with Crippen molar-refractivity contribution in [1.82, 2.24) is 4.98 Å². The Bertz CT molecular complexity index is 539. The first-order valence-corrected chi connectivity index (χ1v) is 5.34. The first-order chi connectivity index (χ1) is 6.63. The molecule has 0 atom stereocenters. The van der Waals surface area contributed by atoms with E-state index in [2.05, 4.69) is 4.98 Å². The van der Waals surface area contributed by atoms with Crippen LogP contribution in [0.4, 0.5) is 0 Å². The zero-order valence-corrected chi connectivity index (χ0v) is 9.20. The molecule has 0 amide bonds. The average Bonchev–Trinajstić information content (AvgIpc) is 2.43. The van der Waals surface area contributed by atoms with Gasteiger partial charge in [-0.15, -0.1) is 11.3 Å². The van der Waals surface area contributed by atoms with Gasteiger partial charge in [0.2, 0.25) is 0 Å². The van der Waals surface area contributed by atoms with E-state index in [1.54, 1.807) is 11.3 Å². The second kappa shape index (κ2) is 3.20. The third kappa shape index (κ3) is 1.26. The summed E-state index contributed by atoms with van der Waals surface area (Å²) >= 11 is 1.55. The number of rotatable bonds is 1. The molecule has 0 fully saturated rings. The highest BCUT2D eigenvalue weighted by molar-refractivity contribution is 7.18. The van der Waals surface area contributed by atoms with Gasteiger partial charge >= 0.3 is 5.63 Å². The lowest BCUT2D eigenvalue weighted by Gasteiger charge is -1.93. The Kier molecular flexibility index (Phi) is 2.15. The lowest BCUT2D eigenvalue weighted by Crippen LogP contribution is -2.03. The van der Waals surface area contributed by atoms with E-state index in [0.29, 0.717) is 17.7 Å². The van der Waals surface area contributed by atoms with Crippen molar-refractivity contribution in [3.05, 3.63) is 26.8 Å². The minimum absolute atomic E-state index is 0.256. The zero-order valence-electron chi connectivity index (χ0n) is 8.38. The molecule has 2 heterocycles. The van der Waals surface area contributed by atoms with Gasteiger partial charge in [0.25, 0.3) is 0 Å². The van der Waals surface area contributed by atoms with Crippen molar-refractivity contribution >= 4 is 21.6 Å². The van der Waals surface area contributed by atoms with Crippen LogP contribution in [0.5, 0.6) is 0 Å². The molecule has 4 heteroatoms. The molecule has 2 aromatic rings. The van der Waals surface area contributed by atoms with Crippen LogP contribution in [-0.4, -0.2) is 4.98 Å². The summed E-state index contributed by atoms with van der Waals surface area (Å²) in [6, 6.07) is 0. The maximum atomic E-state index is 11.6. The zero-order chi connectivity index (χ0) is 10.3. The molecule has 0 unspecified atom stereocenters. The van der Waals surface area contributed by atoms with Crippen LogP contribution in [0.15, 0.2) is 9.21 Å². The number of aryl methyl sites for hydroxylation is 3. The minimum Gasteiger partial charge on any atom is -0.408 e. The molecule has 0 aromatic carbocycles. The van der Waals surface area contributed by atoms with Crippen molar-refractivity contribution in [2.45, 2.75) is 27.2 Å². The molecule has 3 nitrogen and oxygen atoms in total. The summed E-state index contributed by atoms with van der Waals surface area (Å²) in [7, 11) is 0. The summed E-state index contributed by atoms with van der Waals surface area (Å²) in [5.74, 6) is 0.517. The van der Waals surface area contributed by atoms with Crippen molar-refractivity contribution in [3.63, 3.8) is 0 Å². The van der Waals surface area contributed by atoms with E-state index in [4.69, 9.17) is 4.42 Å².